The predicted octanol–water partition coefficient (Wildman–Crippen LogP) is 3.06. The monoisotopic (exact) mass is 369 g/mol. The Morgan fingerprint density at radius 1 is 1.19 bits per heavy atom. The number of nitriles is 1. The summed E-state index contributed by atoms with van der Waals surface area (Å²) in [7, 11) is 0. The maximum atomic E-state index is 13.7. The second-order valence-electron chi connectivity index (χ2n) is 6.93. The SMILES string of the molecule is Cc1ccc(C(c2ccc(F)cc2)[C@H](N)C(=O)N2C[C@@H](F)C[C@H]2C#N)cc1. The molecule has 1 aliphatic rings. The maximum absolute atomic E-state index is 13.7. The van der Waals surface area contributed by atoms with Gasteiger partial charge in [0.1, 0.15) is 18.0 Å². The highest BCUT2D eigenvalue weighted by Gasteiger charge is 2.40. The van der Waals surface area contributed by atoms with Crippen LogP contribution in [0.25, 0.3) is 0 Å². The molecule has 0 saturated carbocycles. The smallest absolute Gasteiger partial charge is 0.241 e. The summed E-state index contributed by atoms with van der Waals surface area (Å²) in [5.41, 5.74) is 8.87. The van der Waals surface area contributed by atoms with Crippen molar-refractivity contribution in [3.63, 3.8) is 0 Å². The van der Waals surface area contributed by atoms with Crippen LogP contribution in [0.15, 0.2) is 48.5 Å². The maximum Gasteiger partial charge on any atom is 0.241 e. The molecule has 140 valence electrons. The molecule has 0 spiro atoms. The van der Waals surface area contributed by atoms with Crippen molar-refractivity contribution >= 4 is 5.91 Å². The Hall–Kier alpha value is -2.78. The topological polar surface area (TPSA) is 70.1 Å². The zero-order valence-corrected chi connectivity index (χ0v) is 15.0. The minimum absolute atomic E-state index is 0.000701. The average Bonchev–Trinajstić information content (AvgIpc) is 3.05. The quantitative estimate of drug-likeness (QED) is 0.900. The zero-order valence-electron chi connectivity index (χ0n) is 15.0. The number of hydrogen-bond donors (Lipinski definition) is 1. The second-order valence-corrected chi connectivity index (χ2v) is 6.93. The molecular formula is C21H21F2N3O. The van der Waals surface area contributed by atoms with Gasteiger partial charge >= 0.3 is 0 Å². The molecule has 0 aromatic heterocycles. The summed E-state index contributed by atoms with van der Waals surface area (Å²) in [6.45, 7) is 1.82. The van der Waals surface area contributed by atoms with E-state index in [4.69, 9.17) is 5.73 Å². The number of amides is 1. The van der Waals surface area contributed by atoms with Gasteiger partial charge in [-0.15, -0.1) is 0 Å². The molecular weight excluding hydrogens is 348 g/mol. The fourth-order valence-electron chi connectivity index (χ4n) is 3.54. The van der Waals surface area contributed by atoms with Crippen LogP contribution in [0.1, 0.15) is 29.0 Å². The Morgan fingerprint density at radius 3 is 2.30 bits per heavy atom. The lowest BCUT2D eigenvalue weighted by Gasteiger charge is -2.29. The van der Waals surface area contributed by atoms with Crippen molar-refractivity contribution < 1.29 is 13.6 Å². The van der Waals surface area contributed by atoms with Crippen LogP contribution >= 0.6 is 0 Å². The molecule has 0 bridgehead atoms. The van der Waals surface area contributed by atoms with Crippen molar-refractivity contribution in [3.05, 3.63) is 71.0 Å². The largest absolute Gasteiger partial charge is 0.322 e. The van der Waals surface area contributed by atoms with E-state index in [2.05, 4.69) is 0 Å². The van der Waals surface area contributed by atoms with E-state index in [1.807, 2.05) is 37.3 Å². The summed E-state index contributed by atoms with van der Waals surface area (Å²) in [6.07, 6.45) is -1.23. The van der Waals surface area contributed by atoms with Crippen LogP contribution < -0.4 is 5.73 Å². The number of nitrogens with two attached hydrogens (primary N) is 1. The van der Waals surface area contributed by atoms with E-state index in [-0.39, 0.29) is 18.8 Å². The summed E-state index contributed by atoms with van der Waals surface area (Å²) in [6, 6.07) is 13.5. The van der Waals surface area contributed by atoms with Crippen LogP contribution in [0.5, 0.6) is 0 Å². The molecule has 1 amide bonds. The number of likely N-dealkylation sites (tertiary alicyclic amines) is 1. The molecule has 4 atom stereocenters. The van der Waals surface area contributed by atoms with Crippen LogP contribution in [0.2, 0.25) is 0 Å². The highest BCUT2D eigenvalue weighted by Crippen LogP contribution is 2.30. The summed E-state index contributed by atoms with van der Waals surface area (Å²) in [4.78, 5) is 14.2. The van der Waals surface area contributed by atoms with Crippen molar-refractivity contribution in [1.29, 1.82) is 5.26 Å². The molecule has 2 aromatic rings. The summed E-state index contributed by atoms with van der Waals surface area (Å²) in [5, 5.41) is 9.23. The van der Waals surface area contributed by atoms with Gasteiger partial charge in [0, 0.05) is 12.3 Å². The Balaban J connectivity index is 1.96. The molecule has 2 aromatic carbocycles. The second kappa shape index (κ2) is 7.85. The van der Waals surface area contributed by atoms with Gasteiger partial charge in [-0.2, -0.15) is 5.26 Å². The molecule has 2 N–H and O–H groups in total. The molecule has 1 heterocycles. The van der Waals surface area contributed by atoms with Crippen molar-refractivity contribution in [3.8, 4) is 6.07 Å². The number of nitrogens with zero attached hydrogens (tertiary/aromatic N) is 2. The molecule has 4 nitrogen and oxygen atoms in total. The Labute approximate surface area is 157 Å². The average molecular weight is 369 g/mol. The Bertz CT molecular complexity index is 800. The van der Waals surface area contributed by atoms with E-state index in [1.165, 1.54) is 17.0 Å². The minimum Gasteiger partial charge on any atom is -0.322 e. The number of hydrogen-bond acceptors (Lipinski definition) is 3. The fourth-order valence-corrected chi connectivity index (χ4v) is 3.54. The van der Waals surface area contributed by atoms with Gasteiger partial charge in [0.2, 0.25) is 5.91 Å². The van der Waals surface area contributed by atoms with Crippen molar-refractivity contribution in [2.75, 3.05) is 6.54 Å². The molecule has 6 heteroatoms. The first kappa shape index (κ1) is 19.0. The van der Waals surface area contributed by atoms with Crippen molar-refractivity contribution in [2.45, 2.75) is 37.5 Å². The number of aryl methyl sites for hydroxylation is 1. The summed E-state index contributed by atoms with van der Waals surface area (Å²) in [5.74, 6) is -1.39. The first-order valence-electron chi connectivity index (χ1n) is 8.82. The van der Waals surface area contributed by atoms with E-state index in [9.17, 15) is 18.8 Å². The molecule has 0 aliphatic carbocycles. The third-order valence-corrected chi connectivity index (χ3v) is 4.99. The zero-order chi connectivity index (χ0) is 19.6. The van der Waals surface area contributed by atoms with Crippen LogP contribution in [-0.2, 0) is 4.79 Å². The summed E-state index contributed by atoms with van der Waals surface area (Å²) < 4.78 is 27.1. The number of rotatable bonds is 4. The molecule has 1 unspecified atom stereocenters. The molecule has 0 radical (unpaired) electrons. The standard InChI is InChI=1S/C21H21F2N3O/c1-13-2-4-14(5-3-13)19(15-6-8-16(22)9-7-15)20(25)21(27)26-12-17(23)10-18(26)11-24/h2-9,17-20H,10,12,25H2,1H3/t17-,18-,19?,20-/m0/s1. The number of halogens is 2. The van der Waals surface area contributed by atoms with Crippen LogP contribution in [0.3, 0.4) is 0 Å². The van der Waals surface area contributed by atoms with Gasteiger partial charge in [0.25, 0.3) is 0 Å². The van der Waals surface area contributed by atoms with E-state index >= 15 is 0 Å². The van der Waals surface area contributed by atoms with E-state index in [1.54, 1.807) is 12.1 Å². The van der Waals surface area contributed by atoms with Gasteiger partial charge in [-0.3, -0.25) is 4.79 Å². The van der Waals surface area contributed by atoms with Crippen molar-refractivity contribution in [2.24, 2.45) is 5.73 Å². The predicted molar refractivity (Wildman–Crippen MR) is 98.0 cm³/mol. The van der Waals surface area contributed by atoms with Gasteiger partial charge in [-0.1, -0.05) is 42.0 Å². The Morgan fingerprint density at radius 2 is 1.74 bits per heavy atom. The van der Waals surface area contributed by atoms with E-state index < -0.39 is 30.1 Å². The lowest BCUT2D eigenvalue weighted by molar-refractivity contribution is -0.133. The number of carbonyl (C=O) groups is 1. The highest BCUT2D eigenvalue weighted by atomic mass is 19.1. The van der Waals surface area contributed by atoms with Gasteiger partial charge in [-0.05, 0) is 30.2 Å². The van der Waals surface area contributed by atoms with Gasteiger partial charge in [0.15, 0.2) is 0 Å². The van der Waals surface area contributed by atoms with E-state index in [0.29, 0.717) is 5.56 Å². The lowest BCUT2D eigenvalue weighted by Crippen LogP contribution is -2.49. The van der Waals surface area contributed by atoms with Crippen molar-refractivity contribution in [1.82, 2.24) is 4.90 Å². The number of alkyl halides is 1. The third-order valence-electron chi connectivity index (χ3n) is 4.99. The van der Waals surface area contributed by atoms with Crippen LogP contribution in [0, 0.1) is 24.1 Å². The number of carbonyl (C=O) groups excluding carboxylic acids is 1. The lowest BCUT2D eigenvalue weighted by atomic mass is 9.84. The van der Waals surface area contributed by atoms with E-state index in [0.717, 1.165) is 11.1 Å². The molecule has 27 heavy (non-hydrogen) atoms. The van der Waals surface area contributed by atoms with Gasteiger partial charge in [0.05, 0.1) is 18.7 Å². The molecule has 1 saturated heterocycles. The number of benzene rings is 2. The Kier molecular flexibility index (Phi) is 5.52. The van der Waals surface area contributed by atoms with Crippen LogP contribution in [-0.4, -0.2) is 35.6 Å². The molecule has 1 aliphatic heterocycles. The fraction of sp³-hybridized carbons (Fsp3) is 0.333. The summed E-state index contributed by atoms with van der Waals surface area (Å²) >= 11 is 0. The highest BCUT2D eigenvalue weighted by molar-refractivity contribution is 5.84. The van der Waals surface area contributed by atoms with Gasteiger partial charge in [-0.25, -0.2) is 8.78 Å². The minimum atomic E-state index is -1.23. The molecule has 3 rings (SSSR count). The first-order valence-corrected chi connectivity index (χ1v) is 8.82. The normalized spacial score (nSPS) is 21.5. The third kappa shape index (κ3) is 3.99. The molecule has 1 fully saturated rings. The van der Waals surface area contributed by atoms with Gasteiger partial charge < -0.3 is 10.6 Å². The van der Waals surface area contributed by atoms with Crippen LogP contribution in [0.4, 0.5) is 8.78 Å². The first-order chi connectivity index (χ1) is 12.9.